The van der Waals surface area contributed by atoms with Crippen molar-refractivity contribution in [3.63, 3.8) is 0 Å². The number of likely N-dealkylation sites (tertiary alicyclic amines) is 1. The third-order valence-electron chi connectivity index (χ3n) is 10.3. The van der Waals surface area contributed by atoms with E-state index in [9.17, 15) is 18.0 Å². The van der Waals surface area contributed by atoms with Gasteiger partial charge in [-0.1, -0.05) is 41.9 Å². The molecule has 13 heteroatoms. The Morgan fingerprint density at radius 2 is 1.92 bits per heavy atom. The van der Waals surface area contributed by atoms with Crippen molar-refractivity contribution >= 4 is 45.2 Å². The first-order valence-corrected chi connectivity index (χ1v) is 17.6. The number of hydrogen-bond acceptors (Lipinski definition) is 7. The molecular formula is C37H41ClF4N6O2. The maximum atomic E-state index is 16.9. The molecule has 0 saturated carbocycles. The van der Waals surface area contributed by atoms with Gasteiger partial charge >= 0.3 is 6.09 Å². The van der Waals surface area contributed by atoms with Gasteiger partial charge in [0.25, 0.3) is 6.43 Å². The van der Waals surface area contributed by atoms with Crippen molar-refractivity contribution in [3.8, 4) is 11.3 Å². The highest BCUT2D eigenvalue weighted by molar-refractivity contribution is 6.36. The van der Waals surface area contributed by atoms with Gasteiger partial charge in [-0.3, -0.25) is 9.88 Å². The topological polar surface area (TPSA) is 74.7 Å². The number of halogens is 5. The minimum Gasteiger partial charge on any atom is -0.444 e. The number of aryl methyl sites for hydroxylation is 1. The average molecular weight is 713 g/mol. The Kier molecular flexibility index (Phi) is 9.30. The highest BCUT2D eigenvalue weighted by Gasteiger charge is 2.48. The van der Waals surface area contributed by atoms with Crippen molar-refractivity contribution in [3.05, 3.63) is 59.3 Å². The van der Waals surface area contributed by atoms with E-state index in [2.05, 4.69) is 9.88 Å². The van der Waals surface area contributed by atoms with Crippen molar-refractivity contribution < 1.29 is 27.1 Å². The van der Waals surface area contributed by atoms with Crippen molar-refractivity contribution in [2.24, 2.45) is 0 Å². The minimum atomic E-state index is -2.75. The summed E-state index contributed by atoms with van der Waals surface area (Å²) in [5, 5.41) is 2.06. The Balaban J connectivity index is 1.33. The first kappa shape index (κ1) is 34.7. The molecule has 1 amide bonds. The van der Waals surface area contributed by atoms with Crippen LogP contribution in [-0.4, -0.2) is 93.3 Å². The van der Waals surface area contributed by atoms with Crippen LogP contribution in [-0.2, 0) is 11.2 Å². The first-order chi connectivity index (χ1) is 23.8. The van der Waals surface area contributed by atoms with Gasteiger partial charge in [0.1, 0.15) is 34.6 Å². The van der Waals surface area contributed by atoms with E-state index >= 15 is 4.39 Å². The number of rotatable bonds is 8. The van der Waals surface area contributed by atoms with Crippen LogP contribution in [0.15, 0.2) is 42.6 Å². The van der Waals surface area contributed by atoms with Crippen molar-refractivity contribution in [1.82, 2.24) is 24.8 Å². The predicted octanol–water partition coefficient (Wildman–Crippen LogP) is 8.23. The Bertz CT molecular complexity index is 1920. The maximum Gasteiger partial charge on any atom is 0.410 e. The molecule has 0 N–H and O–H groups in total. The molecule has 2 aromatic heterocycles. The standard InChI is InChI=1S/C37H41ClF4N6O2/c1-36(2,3)50-35(49)46-16-12-24(20-46)48(21-28(40)41)34-26-18-43-32(25-9-4-7-22-8-5-10-27(38)30(22)25)31(42)33(26)44-29(45-34)11-14-37-13-6-15-47(37)19-23(39)17-37/h4-5,7-10,18,23-24,28H,6,11-17,19-21H2,1-3H3/t23-,24-,37-/m1/s1. The van der Waals surface area contributed by atoms with Gasteiger partial charge < -0.3 is 14.5 Å². The Morgan fingerprint density at radius 3 is 2.68 bits per heavy atom. The van der Waals surface area contributed by atoms with E-state index in [1.165, 1.54) is 16.0 Å². The third kappa shape index (κ3) is 6.68. The summed E-state index contributed by atoms with van der Waals surface area (Å²) in [6, 6.07) is 10.3. The number of fused-ring (bicyclic) bond motifs is 3. The van der Waals surface area contributed by atoms with E-state index in [4.69, 9.17) is 26.3 Å². The van der Waals surface area contributed by atoms with Crippen molar-refractivity contribution in [2.45, 2.75) is 89.1 Å². The van der Waals surface area contributed by atoms with E-state index in [0.717, 1.165) is 24.8 Å². The molecule has 0 spiro atoms. The number of amides is 1. The van der Waals surface area contributed by atoms with Crippen LogP contribution >= 0.6 is 11.6 Å². The van der Waals surface area contributed by atoms with Crippen LogP contribution in [0.5, 0.6) is 0 Å². The molecule has 5 heterocycles. The molecule has 3 atom stereocenters. The molecule has 266 valence electrons. The van der Waals surface area contributed by atoms with Crippen molar-refractivity contribution in [1.29, 1.82) is 0 Å². The summed E-state index contributed by atoms with van der Waals surface area (Å²) in [5.74, 6) is -0.306. The lowest BCUT2D eigenvalue weighted by Crippen LogP contribution is -2.43. The second kappa shape index (κ2) is 13.4. The predicted molar refractivity (Wildman–Crippen MR) is 186 cm³/mol. The molecule has 3 aliphatic heterocycles. The van der Waals surface area contributed by atoms with E-state index in [1.54, 1.807) is 39.0 Å². The zero-order valence-corrected chi connectivity index (χ0v) is 29.2. The normalized spacial score (nSPS) is 22.6. The fourth-order valence-corrected chi connectivity index (χ4v) is 8.38. The van der Waals surface area contributed by atoms with E-state index < -0.39 is 42.7 Å². The number of carbonyl (C=O) groups excluding carboxylic acids is 1. The largest absolute Gasteiger partial charge is 0.444 e. The molecule has 3 fully saturated rings. The molecule has 8 nitrogen and oxygen atoms in total. The van der Waals surface area contributed by atoms with Crippen LogP contribution in [0.1, 0.15) is 58.7 Å². The van der Waals surface area contributed by atoms with Gasteiger partial charge in [-0.15, -0.1) is 0 Å². The summed E-state index contributed by atoms with van der Waals surface area (Å²) >= 11 is 6.60. The van der Waals surface area contributed by atoms with E-state index in [-0.39, 0.29) is 40.3 Å². The summed E-state index contributed by atoms with van der Waals surface area (Å²) in [6.45, 7) is 6.24. The SMILES string of the molecule is CC(C)(C)OC(=O)N1CC[C@@H](N(CC(F)F)c2nc(CC[C@@]34CCCN3C[C@H](F)C4)nc3c(F)c(-c4cccc5cccc(Cl)c45)ncc23)C1. The molecular weight excluding hydrogens is 672 g/mol. The van der Waals surface area contributed by atoms with Gasteiger partial charge in [-0.2, -0.15) is 0 Å². The number of nitrogens with zero attached hydrogens (tertiary/aromatic N) is 6. The molecule has 0 unspecified atom stereocenters. The third-order valence-corrected chi connectivity index (χ3v) is 10.6. The number of aromatic nitrogens is 3. The smallest absolute Gasteiger partial charge is 0.410 e. The molecule has 7 rings (SSSR count). The van der Waals surface area contributed by atoms with Crippen LogP contribution in [0.25, 0.3) is 32.9 Å². The molecule has 0 radical (unpaired) electrons. The Morgan fingerprint density at radius 1 is 1.14 bits per heavy atom. The zero-order valence-electron chi connectivity index (χ0n) is 28.4. The molecule has 4 aromatic rings. The van der Waals surface area contributed by atoms with Crippen LogP contribution in [0.4, 0.5) is 28.2 Å². The van der Waals surface area contributed by atoms with Gasteiger partial charge in [0.2, 0.25) is 0 Å². The lowest BCUT2D eigenvalue weighted by atomic mass is 9.88. The van der Waals surface area contributed by atoms with Crippen LogP contribution in [0, 0.1) is 5.82 Å². The molecule has 0 bridgehead atoms. The molecule has 2 aromatic carbocycles. The zero-order chi connectivity index (χ0) is 35.4. The van der Waals surface area contributed by atoms with Gasteiger partial charge in [0.15, 0.2) is 5.82 Å². The summed E-state index contributed by atoms with van der Waals surface area (Å²) in [4.78, 5) is 32.2. The fourth-order valence-electron chi connectivity index (χ4n) is 8.10. The molecule has 3 aliphatic rings. The highest BCUT2D eigenvalue weighted by atomic mass is 35.5. The monoisotopic (exact) mass is 712 g/mol. The maximum absolute atomic E-state index is 16.9. The van der Waals surface area contributed by atoms with Gasteiger partial charge in [-0.05, 0) is 70.9 Å². The number of anilines is 1. The van der Waals surface area contributed by atoms with Gasteiger partial charge in [0.05, 0.1) is 18.0 Å². The molecule has 50 heavy (non-hydrogen) atoms. The van der Waals surface area contributed by atoms with Crippen LogP contribution in [0.2, 0.25) is 5.02 Å². The summed E-state index contributed by atoms with van der Waals surface area (Å²) in [6.07, 6.45) is 0.705. The number of alkyl halides is 3. The highest BCUT2D eigenvalue weighted by Crippen LogP contribution is 2.43. The van der Waals surface area contributed by atoms with Crippen LogP contribution in [0.3, 0.4) is 0 Å². The second-order valence-corrected chi connectivity index (χ2v) is 15.2. The fraction of sp³-hybridized carbons (Fsp3) is 0.514. The number of ether oxygens (including phenoxy) is 1. The quantitative estimate of drug-likeness (QED) is 0.171. The average Bonchev–Trinajstić information content (AvgIpc) is 3.77. The second-order valence-electron chi connectivity index (χ2n) is 14.8. The van der Waals surface area contributed by atoms with E-state index in [1.807, 2.05) is 18.2 Å². The lowest BCUT2D eigenvalue weighted by Gasteiger charge is -2.32. The summed E-state index contributed by atoms with van der Waals surface area (Å²) in [7, 11) is 0. The number of hydrogen-bond donors (Lipinski definition) is 0. The first-order valence-electron chi connectivity index (χ1n) is 17.3. The van der Waals surface area contributed by atoms with Crippen LogP contribution < -0.4 is 4.90 Å². The lowest BCUT2D eigenvalue weighted by molar-refractivity contribution is 0.0292. The number of benzene rings is 2. The molecule has 0 aliphatic carbocycles. The number of carbonyl (C=O) groups is 1. The summed E-state index contributed by atoms with van der Waals surface area (Å²) in [5.41, 5.74) is -0.595. The summed E-state index contributed by atoms with van der Waals surface area (Å²) < 4.78 is 65.8. The molecule has 3 saturated heterocycles. The van der Waals surface area contributed by atoms with Crippen molar-refractivity contribution in [2.75, 3.05) is 37.6 Å². The van der Waals surface area contributed by atoms with E-state index in [0.29, 0.717) is 54.7 Å². The number of pyridine rings is 1. The van der Waals surface area contributed by atoms with Gasteiger partial charge in [0, 0.05) is 53.8 Å². The minimum absolute atomic E-state index is 0.0285. The van der Waals surface area contributed by atoms with Gasteiger partial charge in [-0.25, -0.2) is 32.3 Å². The Hall–Kier alpha value is -3.77. The Labute approximate surface area is 293 Å².